The molecule has 0 aliphatic carbocycles. The van der Waals surface area contributed by atoms with Gasteiger partial charge in [0.2, 0.25) is 0 Å². The maximum Gasteiger partial charge on any atom is 0.141 e. The second-order valence-corrected chi connectivity index (χ2v) is 3.88. The van der Waals surface area contributed by atoms with Gasteiger partial charge in [-0.3, -0.25) is 0 Å². The summed E-state index contributed by atoms with van der Waals surface area (Å²) in [6.45, 7) is 4.45. The Morgan fingerprint density at radius 1 is 1.36 bits per heavy atom. The third kappa shape index (κ3) is 2.66. The minimum Gasteiger partial charge on any atom is -0.495 e. The van der Waals surface area contributed by atoms with E-state index in [1.807, 2.05) is 13.1 Å². The Morgan fingerprint density at radius 2 is 2.07 bits per heavy atom. The summed E-state index contributed by atoms with van der Waals surface area (Å²) in [6, 6.07) is 6.29. The van der Waals surface area contributed by atoms with Crippen LogP contribution in [0.5, 0.6) is 5.75 Å². The first-order valence-electron chi connectivity index (χ1n) is 5.02. The van der Waals surface area contributed by atoms with Crippen LogP contribution in [-0.2, 0) is 6.42 Å². The highest BCUT2D eigenvalue weighted by Crippen LogP contribution is 2.25. The molecule has 0 radical (unpaired) electrons. The van der Waals surface area contributed by atoms with Crippen LogP contribution in [0.3, 0.4) is 0 Å². The number of hydrogen-bond donors (Lipinski definition) is 1. The Kier molecular flexibility index (Phi) is 3.81. The fraction of sp³-hybridized carbons (Fsp3) is 0.500. The van der Waals surface area contributed by atoms with Gasteiger partial charge in [0.05, 0.1) is 12.8 Å². The molecule has 0 saturated carbocycles. The van der Waals surface area contributed by atoms with Crippen molar-refractivity contribution in [3.05, 3.63) is 23.8 Å². The van der Waals surface area contributed by atoms with E-state index in [9.17, 15) is 0 Å². The Balaban J connectivity index is 2.89. The monoisotopic (exact) mass is 193 g/mol. The zero-order chi connectivity index (χ0) is 10.6. The Morgan fingerprint density at radius 3 is 2.57 bits per heavy atom. The van der Waals surface area contributed by atoms with E-state index in [4.69, 9.17) is 4.74 Å². The lowest BCUT2D eigenvalue weighted by atomic mass is 10.0. The molecule has 0 bridgehead atoms. The van der Waals surface area contributed by atoms with E-state index in [0.29, 0.717) is 5.92 Å². The molecule has 1 N–H and O–H groups in total. The van der Waals surface area contributed by atoms with Gasteiger partial charge in [0.1, 0.15) is 5.75 Å². The van der Waals surface area contributed by atoms with Crippen LogP contribution in [0, 0.1) is 5.92 Å². The van der Waals surface area contributed by atoms with Gasteiger partial charge in [-0.15, -0.1) is 0 Å². The van der Waals surface area contributed by atoms with Crippen LogP contribution in [0.1, 0.15) is 19.4 Å². The molecule has 1 rings (SSSR count). The first-order chi connectivity index (χ1) is 6.67. The lowest BCUT2D eigenvalue weighted by molar-refractivity contribution is 0.416. The quantitative estimate of drug-likeness (QED) is 0.793. The van der Waals surface area contributed by atoms with Crippen molar-refractivity contribution in [3.63, 3.8) is 0 Å². The second kappa shape index (κ2) is 4.89. The molecule has 0 aliphatic heterocycles. The summed E-state index contributed by atoms with van der Waals surface area (Å²) in [5, 5.41) is 3.14. The van der Waals surface area contributed by atoms with Gasteiger partial charge in [0.15, 0.2) is 0 Å². The molecule has 0 fully saturated rings. The molecule has 78 valence electrons. The molecule has 2 heteroatoms. The molecule has 2 nitrogen and oxygen atoms in total. The number of ether oxygens (including phenoxy) is 1. The molecular weight excluding hydrogens is 174 g/mol. The molecule has 14 heavy (non-hydrogen) atoms. The van der Waals surface area contributed by atoms with Gasteiger partial charge >= 0.3 is 0 Å². The Hall–Kier alpha value is -1.18. The van der Waals surface area contributed by atoms with Crippen molar-refractivity contribution in [2.75, 3.05) is 19.5 Å². The minimum atomic E-state index is 0.688. The third-order valence-corrected chi connectivity index (χ3v) is 2.18. The fourth-order valence-electron chi connectivity index (χ4n) is 1.55. The fourth-order valence-corrected chi connectivity index (χ4v) is 1.55. The summed E-state index contributed by atoms with van der Waals surface area (Å²) >= 11 is 0. The lowest BCUT2D eigenvalue weighted by Gasteiger charge is -2.11. The molecule has 0 aromatic heterocycles. The van der Waals surface area contributed by atoms with E-state index < -0.39 is 0 Å². The van der Waals surface area contributed by atoms with Crippen LogP contribution in [-0.4, -0.2) is 14.2 Å². The number of rotatable bonds is 4. The van der Waals surface area contributed by atoms with Crippen LogP contribution >= 0.6 is 0 Å². The minimum absolute atomic E-state index is 0.688. The van der Waals surface area contributed by atoms with Crippen molar-refractivity contribution < 1.29 is 4.74 Å². The smallest absolute Gasteiger partial charge is 0.141 e. The maximum atomic E-state index is 5.23. The lowest BCUT2D eigenvalue weighted by Crippen LogP contribution is -1.98. The topological polar surface area (TPSA) is 21.3 Å². The molecule has 1 aromatic carbocycles. The van der Waals surface area contributed by atoms with Gasteiger partial charge in [-0.25, -0.2) is 0 Å². The predicted octanol–water partition coefficient (Wildman–Crippen LogP) is 2.94. The van der Waals surface area contributed by atoms with Crippen molar-refractivity contribution in [2.24, 2.45) is 5.92 Å². The normalized spacial score (nSPS) is 10.4. The standard InChI is InChI=1S/C12H19NO/c1-9(2)7-10-5-6-12(14-4)11(8-10)13-3/h5-6,8-9,13H,7H2,1-4H3. The van der Waals surface area contributed by atoms with E-state index in [1.54, 1.807) is 7.11 Å². The largest absolute Gasteiger partial charge is 0.495 e. The van der Waals surface area contributed by atoms with Gasteiger partial charge < -0.3 is 10.1 Å². The average molecular weight is 193 g/mol. The Bertz CT molecular complexity index is 294. The zero-order valence-corrected chi connectivity index (χ0v) is 9.42. The average Bonchev–Trinajstić information content (AvgIpc) is 2.16. The molecular formula is C12H19NO. The molecule has 1 aromatic rings. The maximum absolute atomic E-state index is 5.23. The number of nitrogens with one attached hydrogen (secondary N) is 1. The van der Waals surface area contributed by atoms with Crippen molar-refractivity contribution in [1.82, 2.24) is 0 Å². The van der Waals surface area contributed by atoms with Crippen LogP contribution in [0.2, 0.25) is 0 Å². The third-order valence-electron chi connectivity index (χ3n) is 2.18. The molecule has 0 atom stereocenters. The van der Waals surface area contributed by atoms with E-state index in [0.717, 1.165) is 17.9 Å². The summed E-state index contributed by atoms with van der Waals surface area (Å²) in [6.07, 6.45) is 1.11. The molecule has 0 spiro atoms. The SMILES string of the molecule is CNc1cc(CC(C)C)ccc1OC. The molecule has 0 heterocycles. The molecule has 0 saturated heterocycles. The van der Waals surface area contributed by atoms with E-state index in [1.165, 1.54) is 5.56 Å². The van der Waals surface area contributed by atoms with Gasteiger partial charge in [0.25, 0.3) is 0 Å². The van der Waals surface area contributed by atoms with E-state index >= 15 is 0 Å². The summed E-state index contributed by atoms with van der Waals surface area (Å²) in [5.41, 5.74) is 2.41. The second-order valence-electron chi connectivity index (χ2n) is 3.88. The highest BCUT2D eigenvalue weighted by atomic mass is 16.5. The molecule has 0 unspecified atom stereocenters. The number of methoxy groups -OCH3 is 1. The van der Waals surface area contributed by atoms with Crippen molar-refractivity contribution in [2.45, 2.75) is 20.3 Å². The number of benzene rings is 1. The number of hydrogen-bond acceptors (Lipinski definition) is 2. The van der Waals surface area contributed by atoms with Gasteiger partial charge in [-0.2, -0.15) is 0 Å². The van der Waals surface area contributed by atoms with Crippen LogP contribution < -0.4 is 10.1 Å². The van der Waals surface area contributed by atoms with E-state index in [2.05, 4.69) is 31.3 Å². The number of anilines is 1. The van der Waals surface area contributed by atoms with Crippen LogP contribution in [0.25, 0.3) is 0 Å². The van der Waals surface area contributed by atoms with Crippen molar-refractivity contribution in [3.8, 4) is 5.75 Å². The molecule has 0 aliphatic rings. The predicted molar refractivity (Wildman–Crippen MR) is 61.1 cm³/mol. The first-order valence-corrected chi connectivity index (χ1v) is 5.02. The van der Waals surface area contributed by atoms with E-state index in [-0.39, 0.29) is 0 Å². The molecule has 0 amide bonds. The zero-order valence-electron chi connectivity index (χ0n) is 9.42. The highest BCUT2D eigenvalue weighted by molar-refractivity contribution is 5.57. The van der Waals surface area contributed by atoms with Crippen molar-refractivity contribution in [1.29, 1.82) is 0 Å². The van der Waals surface area contributed by atoms with Crippen LogP contribution in [0.15, 0.2) is 18.2 Å². The van der Waals surface area contributed by atoms with Gasteiger partial charge in [-0.1, -0.05) is 19.9 Å². The summed E-state index contributed by atoms with van der Waals surface area (Å²) in [5.74, 6) is 1.59. The summed E-state index contributed by atoms with van der Waals surface area (Å²) in [4.78, 5) is 0. The van der Waals surface area contributed by atoms with Gasteiger partial charge in [-0.05, 0) is 30.0 Å². The highest BCUT2D eigenvalue weighted by Gasteiger charge is 2.03. The summed E-state index contributed by atoms with van der Waals surface area (Å²) < 4.78 is 5.23. The Labute approximate surface area is 86.3 Å². The first kappa shape index (κ1) is 10.9. The van der Waals surface area contributed by atoms with Gasteiger partial charge in [0, 0.05) is 7.05 Å². The van der Waals surface area contributed by atoms with Crippen molar-refractivity contribution >= 4 is 5.69 Å². The summed E-state index contributed by atoms with van der Waals surface area (Å²) in [7, 11) is 3.61. The van der Waals surface area contributed by atoms with Crippen LogP contribution in [0.4, 0.5) is 5.69 Å².